The zero-order chi connectivity index (χ0) is 32.8. The number of amides is 2. The maximum atomic E-state index is 11.6. The Bertz CT molecular complexity index is 1780. The summed E-state index contributed by atoms with van der Waals surface area (Å²) < 4.78 is 11.9. The molecule has 246 valence electrons. The number of halogens is 2. The van der Waals surface area contributed by atoms with Crippen molar-refractivity contribution in [3.63, 3.8) is 0 Å². The van der Waals surface area contributed by atoms with Gasteiger partial charge < -0.3 is 30.7 Å². The fraction of sp³-hybridized carbons (Fsp3) is 0.333. The number of aromatic nitrogens is 2. The quantitative estimate of drug-likeness (QED) is 0.185. The molecule has 2 aromatic heterocycles. The molecule has 4 atom stereocenters. The maximum Gasteiger partial charge on any atom is 0.220 e. The van der Waals surface area contributed by atoms with E-state index in [9.17, 15) is 9.59 Å². The van der Waals surface area contributed by atoms with Crippen molar-refractivity contribution >= 4 is 35.0 Å². The highest BCUT2D eigenvalue weighted by atomic mass is 35.5. The summed E-state index contributed by atoms with van der Waals surface area (Å²) in [5.41, 5.74) is 6.48. The fourth-order valence-corrected chi connectivity index (χ4v) is 7.56. The van der Waals surface area contributed by atoms with Crippen LogP contribution in [0, 0.1) is 0 Å². The highest BCUT2D eigenvalue weighted by Crippen LogP contribution is 2.43. The van der Waals surface area contributed by atoms with Gasteiger partial charge in [-0.2, -0.15) is 0 Å². The van der Waals surface area contributed by atoms with E-state index >= 15 is 0 Å². The van der Waals surface area contributed by atoms with Gasteiger partial charge in [-0.15, -0.1) is 0 Å². The molecule has 4 aromatic rings. The van der Waals surface area contributed by atoms with Crippen molar-refractivity contribution < 1.29 is 19.1 Å². The summed E-state index contributed by atoms with van der Waals surface area (Å²) in [6.07, 6.45) is 2.83. The summed E-state index contributed by atoms with van der Waals surface area (Å²) in [5.74, 6) is 1.37. The predicted octanol–water partition coefficient (Wildman–Crippen LogP) is 5.39. The highest BCUT2D eigenvalue weighted by molar-refractivity contribution is 6.39. The van der Waals surface area contributed by atoms with Crippen molar-refractivity contribution in [3.05, 3.63) is 81.8 Å². The maximum absolute atomic E-state index is 11.6. The van der Waals surface area contributed by atoms with Gasteiger partial charge in [0.1, 0.15) is 13.2 Å². The van der Waals surface area contributed by atoms with Crippen LogP contribution in [-0.2, 0) is 9.59 Å². The molecule has 6 heterocycles. The van der Waals surface area contributed by atoms with Crippen molar-refractivity contribution in [2.24, 2.45) is 0 Å². The van der Waals surface area contributed by atoms with Gasteiger partial charge in [-0.25, -0.2) is 9.97 Å². The first kappa shape index (κ1) is 31.1. The Morgan fingerprint density at radius 1 is 0.646 bits per heavy atom. The molecule has 4 aliphatic heterocycles. The van der Waals surface area contributed by atoms with E-state index in [-0.39, 0.29) is 36.0 Å². The molecular formula is C36H34Cl2N6O4. The van der Waals surface area contributed by atoms with Crippen LogP contribution >= 0.6 is 23.2 Å². The van der Waals surface area contributed by atoms with Gasteiger partial charge in [0.05, 0.1) is 33.5 Å². The summed E-state index contributed by atoms with van der Waals surface area (Å²) in [4.78, 5) is 32.8. The van der Waals surface area contributed by atoms with Gasteiger partial charge in [0.25, 0.3) is 0 Å². The minimum absolute atomic E-state index is 0.00366. The monoisotopic (exact) mass is 684 g/mol. The van der Waals surface area contributed by atoms with Crippen molar-refractivity contribution in [1.82, 2.24) is 31.2 Å². The molecule has 0 aliphatic carbocycles. The number of rotatable bonds is 9. The number of fused-ring (bicyclic) bond motifs is 2. The summed E-state index contributed by atoms with van der Waals surface area (Å²) in [5, 5.41) is 14.1. The molecule has 2 aromatic carbocycles. The average molecular weight is 686 g/mol. The Labute approximate surface area is 287 Å². The molecule has 2 fully saturated rings. The Morgan fingerprint density at radius 3 is 1.50 bits per heavy atom. The number of ether oxygens (including phenoxy) is 2. The van der Waals surface area contributed by atoms with E-state index in [4.69, 9.17) is 42.6 Å². The minimum atomic E-state index is 0.00366. The molecule has 48 heavy (non-hydrogen) atoms. The molecule has 0 saturated carbocycles. The third-order valence-electron chi connectivity index (χ3n) is 9.53. The summed E-state index contributed by atoms with van der Waals surface area (Å²) in [6.45, 7) is 2.31. The van der Waals surface area contributed by atoms with E-state index in [0.29, 0.717) is 72.3 Å². The second kappa shape index (κ2) is 13.0. The first-order valence-corrected chi connectivity index (χ1v) is 17.1. The smallest absolute Gasteiger partial charge is 0.220 e. The molecule has 10 nitrogen and oxygen atoms in total. The number of nitrogens with one attached hydrogen (secondary N) is 4. The van der Waals surface area contributed by atoms with E-state index in [0.717, 1.165) is 46.2 Å². The van der Waals surface area contributed by atoms with Crippen LogP contribution in [0.15, 0.2) is 60.7 Å². The Balaban J connectivity index is 1.01. The van der Waals surface area contributed by atoms with Crippen LogP contribution in [0.4, 0.5) is 0 Å². The van der Waals surface area contributed by atoms with Crippen molar-refractivity contribution in [3.8, 4) is 45.4 Å². The van der Waals surface area contributed by atoms with Gasteiger partial charge in [-0.3, -0.25) is 9.59 Å². The Hall–Kier alpha value is -4.22. The molecule has 12 heteroatoms. The number of hydrogen-bond donors (Lipinski definition) is 4. The van der Waals surface area contributed by atoms with Crippen LogP contribution in [0.5, 0.6) is 11.8 Å². The number of hydrogen-bond acceptors (Lipinski definition) is 8. The minimum Gasteiger partial charge on any atom is -0.475 e. The molecule has 0 radical (unpaired) electrons. The highest BCUT2D eigenvalue weighted by Gasteiger charge is 2.30. The van der Waals surface area contributed by atoms with E-state index in [2.05, 4.69) is 21.3 Å². The van der Waals surface area contributed by atoms with Gasteiger partial charge >= 0.3 is 0 Å². The standard InChI is InChI=1S/C36H34Cl2N6O4/c37-33-21(3-1-5-23(33)27-11-9-25-29(17-47-35(25)43-27)39-15-19-7-13-31(45)41-19)22-4-2-6-24(34(22)38)28-12-10-26-30(18-48-36(26)44-28)40-16-20-8-14-32(46)42-20/h1-6,9-12,19-20,29-30,39-40H,7-8,13-18H2,(H,41,45)(H,42,46)/t19-,20+,29+,30-. The van der Waals surface area contributed by atoms with Gasteiger partial charge in [-0.05, 0) is 37.1 Å². The van der Waals surface area contributed by atoms with E-state index in [1.807, 2.05) is 60.7 Å². The van der Waals surface area contributed by atoms with Crippen molar-refractivity contribution in [2.45, 2.75) is 49.9 Å². The SMILES string of the molecule is O=C1CC[C@H](CN[C@H]2COc3nc(-c4cccc(-c5cccc(-c6ccc7c(n6)OC[C@H]7NC[C@@H]6CCC(=O)N6)c5Cl)c4Cl)ccc32)N1. The van der Waals surface area contributed by atoms with Crippen LogP contribution in [0.25, 0.3) is 33.6 Å². The summed E-state index contributed by atoms with van der Waals surface area (Å²) in [7, 11) is 0. The number of carbonyl (C=O) groups is 2. The molecule has 8 rings (SSSR count). The van der Waals surface area contributed by atoms with Gasteiger partial charge in [-0.1, -0.05) is 59.6 Å². The van der Waals surface area contributed by atoms with Crippen LogP contribution in [0.1, 0.15) is 48.9 Å². The second-order valence-electron chi connectivity index (χ2n) is 12.7. The predicted molar refractivity (Wildman–Crippen MR) is 183 cm³/mol. The zero-order valence-electron chi connectivity index (χ0n) is 26.0. The largest absolute Gasteiger partial charge is 0.475 e. The number of carbonyl (C=O) groups excluding carboxylic acids is 2. The van der Waals surface area contributed by atoms with Crippen LogP contribution in [0.2, 0.25) is 10.0 Å². The zero-order valence-corrected chi connectivity index (χ0v) is 27.5. The number of pyridine rings is 2. The molecule has 0 spiro atoms. The molecule has 0 unspecified atom stereocenters. The molecule has 0 bridgehead atoms. The summed E-state index contributed by atoms with van der Waals surface area (Å²) in [6, 6.07) is 19.9. The third-order valence-corrected chi connectivity index (χ3v) is 10.3. The van der Waals surface area contributed by atoms with Crippen LogP contribution in [-0.4, -0.2) is 60.2 Å². The van der Waals surface area contributed by atoms with Gasteiger partial charge in [0.15, 0.2) is 0 Å². The number of benzene rings is 2. The Morgan fingerprint density at radius 2 is 1.08 bits per heavy atom. The lowest BCUT2D eigenvalue weighted by molar-refractivity contribution is -0.120. The fourth-order valence-electron chi connectivity index (χ4n) is 6.91. The van der Waals surface area contributed by atoms with Gasteiger partial charge in [0.2, 0.25) is 23.6 Å². The molecule has 2 saturated heterocycles. The first-order valence-electron chi connectivity index (χ1n) is 16.3. The molecule has 4 N–H and O–H groups in total. The lowest BCUT2D eigenvalue weighted by Gasteiger charge is -2.16. The molecular weight excluding hydrogens is 651 g/mol. The lowest BCUT2D eigenvalue weighted by atomic mass is 9.97. The normalized spacial score (nSPS) is 22.5. The van der Waals surface area contributed by atoms with Crippen molar-refractivity contribution in [2.75, 3.05) is 26.3 Å². The van der Waals surface area contributed by atoms with E-state index in [1.165, 1.54) is 0 Å². The lowest BCUT2D eigenvalue weighted by Crippen LogP contribution is -2.37. The average Bonchev–Trinajstić information content (AvgIpc) is 3.90. The van der Waals surface area contributed by atoms with E-state index < -0.39 is 0 Å². The van der Waals surface area contributed by atoms with Crippen LogP contribution in [0.3, 0.4) is 0 Å². The first-order chi connectivity index (χ1) is 23.4. The Kier molecular flexibility index (Phi) is 8.42. The van der Waals surface area contributed by atoms with Gasteiger partial charge in [0, 0.05) is 71.4 Å². The third kappa shape index (κ3) is 5.98. The van der Waals surface area contributed by atoms with Crippen LogP contribution < -0.4 is 30.7 Å². The number of nitrogens with zero attached hydrogens (tertiary/aromatic N) is 2. The summed E-state index contributed by atoms with van der Waals surface area (Å²) >= 11 is 14.2. The second-order valence-corrected chi connectivity index (χ2v) is 13.4. The topological polar surface area (TPSA) is 126 Å². The van der Waals surface area contributed by atoms with E-state index in [1.54, 1.807) is 0 Å². The molecule has 2 amide bonds. The van der Waals surface area contributed by atoms with Crippen molar-refractivity contribution in [1.29, 1.82) is 0 Å². The molecule has 4 aliphatic rings.